The molecule has 0 fully saturated rings. The molecule has 29 heavy (non-hydrogen) atoms. The molecular weight excluding hydrogens is 396 g/mol. The van der Waals surface area contributed by atoms with Crippen molar-refractivity contribution in [2.24, 2.45) is 4.99 Å². The van der Waals surface area contributed by atoms with E-state index in [-0.39, 0.29) is 17.3 Å². The van der Waals surface area contributed by atoms with Gasteiger partial charge in [-0.2, -0.15) is 0 Å². The third kappa shape index (κ3) is 3.68. The second-order valence-electron chi connectivity index (χ2n) is 6.28. The van der Waals surface area contributed by atoms with Crippen LogP contribution < -0.4 is 0 Å². The number of ether oxygens (including phenoxy) is 1. The number of hydrogen-bond donors (Lipinski definition) is 0. The third-order valence-corrected chi connectivity index (χ3v) is 4.64. The van der Waals surface area contributed by atoms with Crippen LogP contribution in [-0.2, 0) is 9.53 Å². The topological polar surface area (TPSA) is 94.9 Å². The number of halogens is 1. The van der Waals surface area contributed by atoms with Gasteiger partial charge in [0.1, 0.15) is 11.5 Å². The van der Waals surface area contributed by atoms with E-state index in [1.165, 1.54) is 18.2 Å². The minimum absolute atomic E-state index is 0.0165. The van der Waals surface area contributed by atoms with Gasteiger partial charge in [0.15, 0.2) is 5.70 Å². The number of nitrogens with zero attached hydrogens (tertiary/aromatic N) is 2. The Morgan fingerprint density at radius 3 is 2.66 bits per heavy atom. The van der Waals surface area contributed by atoms with Crippen LogP contribution in [0.1, 0.15) is 16.9 Å². The maximum atomic E-state index is 12.2. The van der Waals surface area contributed by atoms with Crippen LogP contribution in [0.3, 0.4) is 0 Å². The van der Waals surface area contributed by atoms with E-state index in [2.05, 4.69) is 4.99 Å². The summed E-state index contributed by atoms with van der Waals surface area (Å²) in [4.78, 5) is 26.9. The molecule has 1 aromatic heterocycles. The summed E-state index contributed by atoms with van der Waals surface area (Å²) in [5.41, 5.74) is 1.70. The maximum Gasteiger partial charge on any atom is 0.363 e. The highest BCUT2D eigenvalue weighted by Crippen LogP contribution is 2.30. The molecule has 2 aromatic carbocycles. The lowest BCUT2D eigenvalue weighted by atomic mass is 10.1. The van der Waals surface area contributed by atoms with Crippen molar-refractivity contribution in [1.82, 2.24) is 0 Å². The highest BCUT2D eigenvalue weighted by atomic mass is 35.5. The van der Waals surface area contributed by atoms with Gasteiger partial charge in [0.2, 0.25) is 5.90 Å². The standard InChI is InChI=1S/C21H13ClN2O5/c1-12-10-13(6-8-18(12)24(26)27)20-23-17(21(25)29-20)11-14-7-9-19(28-14)15-4-2-3-5-16(15)22/h2-11H,1H3/b17-11-. The number of nitro benzene ring substituents is 1. The first kappa shape index (κ1) is 18.6. The lowest BCUT2D eigenvalue weighted by Crippen LogP contribution is -2.06. The Balaban J connectivity index is 1.63. The van der Waals surface area contributed by atoms with Gasteiger partial charge in [0.05, 0.1) is 9.95 Å². The molecule has 1 aliphatic heterocycles. The van der Waals surface area contributed by atoms with Gasteiger partial charge >= 0.3 is 5.97 Å². The summed E-state index contributed by atoms with van der Waals surface area (Å²) in [6.07, 6.45) is 1.47. The molecule has 4 rings (SSSR count). The first-order valence-corrected chi connectivity index (χ1v) is 8.93. The van der Waals surface area contributed by atoms with Crippen molar-refractivity contribution >= 4 is 35.2 Å². The van der Waals surface area contributed by atoms with Crippen LogP contribution in [0.25, 0.3) is 17.4 Å². The van der Waals surface area contributed by atoms with E-state index in [1.807, 2.05) is 18.2 Å². The van der Waals surface area contributed by atoms with Crippen LogP contribution in [0.15, 0.2) is 69.7 Å². The zero-order valence-electron chi connectivity index (χ0n) is 15.1. The van der Waals surface area contributed by atoms with Gasteiger partial charge in [-0.3, -0.25) is 10.1 Å². The Kier molecular flexibility index (Phi) is 4.74. The summed E-state index contributed by atoms with van der Waals surface area (Å²) in [6, 6.07) is 15.1. The minimum Gasteiger partial charge on any atom is -0.457 e. The summed E-state index contributed by atoms with van der Waals surface area (Å²) >= 11 is 6.18. The predicted molar refractivity (Wildman–Crippen MR) is 108 cm³/mol. The van der Waals surface area contributed by atoms with Crippen LogP contribution in [0.4, 0.5) is 5.69 Å². The fourth-order valence-corrected chi connectivity index (χ4v) is 3.13. The van der Waals surface area contributed by atoms with Crippen LogP contribution in [0, 0.1) is 17.0 Å². The minimum atomic E-state index is -0.633. The van der Waals surface area contributed by atoms with Gasteiger partial charge in [0.25, 0.3) is 5.69 Å². The first-order valence-electron chi connectivity index (χ1n) is 8.55. The number of aliphatic imine (C=N–C) groups is 1. The molecule has 0 N–H and O–H groups in total. The molecule has 0 atom stereocenters. The number of rotatable bonds is 4. The zero-order chi connectivity index (χ0) is 20.5. The third-order valence-electron chi connectivity index (χ3n) is 4.31. The number of carbonyl (C=O) groups is 1. The van der Waals surface area contributed by atoms with Crippen molar-refractivity contribution in [3.63, 3.8) is 0 Å². The van der Waals surface area contributed by atoms with E-state index in [4.69, 9.17) is 20.8 Å². The largest absolute Gasteiger partial charge is 0.457 e. The summed E-state index contributed by atoms with van der Waals surface area (Å²) in [5, 5.41) is 11.5. The molecular formula is C21H13ClN2O5. The Bertz CT molecular complexity index is 1210. The number of nitro groups is 1. The van der Waals surface area contributed by atoms with Crippen molar-refractivity contribution in [2.75, 3.05) is 0 Å². The number of furan rings is 1. The fourth-order valence-electron chi connectivity index (χ4n) is 2.90. The Hall–Kier alpha value is -3.71. The lowest BCUT2D eigenvalue weighted by molar-refractivity contribution is -0.385. The quantitative estimate of drug-likeness (QED) is 0.257. The molecule has 0 bridgehead atoms. The monoisotopic (exact) mass is 408 g/mol. The van der Waals surface area contributed by atoms with E-state index in [0.717, 1.165) is 5.56 Å². The maximum absolute atomic E-state index is 12.2. The number of cyclic esters (lactones) is 1. The molecule has 0 aliphatic carbocycles. The van der Waals surface area contributed by atoms with Gasteiger partial charge in [0, 0.05) is 28.8 Å². The van der Waals surface area contributed by atoms with E-state index in [1.54, 1.807) is 31.2 Å². The molecule has 0 amide bonds. The van der Waals surface area contributed by atoms with Crippen LogP contribution in [0.2, 0.25) is 5.02 Å². The van der Waals surface area contributed by atoms with Gasteiger partial charge in [-0.25, -0.2) is 9.79 Å². The molecule has 8 heteroatoms. The predicted octanol–water partition coefficient (Wildman–Crippen LogP) is 5.16. The van der Waals surface area contributed by atoms with E-state index in [9.17, 15) is 14.9 Å². The second-order valence-corrected chi connectivity index (χ2v) is 6.68. The van der Waals surface area contributed by atoms with Crippen LogP contribution in [-0.4, -0.2) is 16.8 Å². The van der Waals surface area contributed by atoms with Crippen molar-refractivity contribution in [2.45, 2.75) is 6.92 Å². The average Bonchev–Trinajstić information content (AvgIpc) is 3.29. The number of carbonyl (C=O) groups excluding carboxylic acids is 1. The molecule has 0 saturated carbocycles. The van der Waals surface area contributed by atoms with E-state index in [0.29, 0.717) is 27.7 Å². The smallest absolute Gasteiger partial charge is 0.363 e. The average molecular weight is 409 g/mol. The van der Waals surface area contributed by atoms with E-state index >= 15 is 0 Å². The summed E-state index contributed by atoms with van der Waals surface area (Å²) in [7, 11) is 0. The highest BCUT2D eigenvalue weighted by molar-refractivity contribution is 6.33. The number of hydrogen-bond acceptors (Lipinski definition) is 6. The van der Waals surface area contributed by atoms with Crippen molar-refractivity contribution in [1.29, 1.82) is 0 Å². The summed E-state index contributed by atoms with van der Waals surface area (Å²) in [5.74, 6) is 0.421. The lowest BCUT2D eigenvalue weighted by Gasteiger charge is -2.01. The first-order chi connectivity index (χ1) is 13.9. The molecule has 2 heterocycles. The molecule has 7 nitrogen and oxygen atoms in total. The summed E-state index contributed by atoms with van der Waals surface area (Å²) in [6.45, 7) is 1.61. The highest BCUT2D eigenvalue weighted by Gasteiger charge is 2.25. The van der Waals surface area contributed by atoms with Crippen LogP contribution >= 0.6 is 11.6 Å². The number of esters is 1. The molecule has 1 aliphatic rings. The van der Waals surface area contributed by atoms with Crippen molar-refractivity contribution in [3.8, 4) is 11.3 Å². The van der Waals surface area contributed by atoms with E-state index < -0.39 is 10.9 Å². The normalized spacial score (nSPS) is 14.8. The summed E-state index contributed by atoms with van der Waals surface area (Å²) < 4.78 is 11.0. The fraction of sp³-hybridized carbons (Fsp3) is 0.0476. The van der Waals surface area contributed by atoms with Gasteiger partial charge in [-0.05, 0) is 43.3 Å². The number of aryl methyl sites for hydroxylation is 1. The molecule has 0 unspecified atom stereocenters. The van der Waals surface area contributed by atoms with Gasteiger partial charge in [-0.15, -0.1) is 0 Å². The van der Waals surface area contributed by atoms with Crippen molar-refractivity contribution in [3.05, 3.63) is 92.3 Å². The van der Waals surface area contributed by atoms with Crippen molar-refractivity contribution < 1.29 is 18.9 Å². The SMILES string of the molecule is Cc1cc(C2=N/C(=C\c3ccc(-c4ccccc4Cl)o3)C(=O)O2)ccc1[N+](=O)[O-]. The zero-order valence-corrected chi connectivity index (χ0v) is 15.8. The van der Waals surface area contributed by atoms with Gasteiger partial charge in [-0.1, -0.05) is 23.7 Å². The van der Waals surface area contributed by atoms with Gasteiger partial charge < -0.3 is 9.15 Å². The molecule has 0 radical (unpaired) electrons. The second kappa shape index (κ2) is 7.37. The molecule has 0 saturated heterocycles. The molecule has 0 spiro atoms. The molecule has 144 valence electrons. The Labute approximate surface area is 170 Å². The Morgan fingerprint density at radius 1 is 1.14 bits per heavy atom. The number of benzene rings is 2. The molecule has 3 aromatic rings. The van der Waals surface area contributed by atoms with Crippen LogP contribution in [0.5, 0.6) is 0 Å². The Morgan fingerprint density at radius 2 is 1.93 bits per heavy atom.